The topological polar surface area (TPSA) is 63.1 Å². The molecule has 45 heavy (non-hydrogen) atoms. The van der Waals surface area contributed by atoms with Crippen LogP contribution in [0.1, 0.15) is 29.5 Å². The summed E-state index contributed by atoms with van der Waals surface area (Å²) in [4.78, 5) is 19.9. The number of hydrogen-bond donors (Lipinski definition) is 1. The second-order valence-electron chi connectivity index (χ2n) is 11.7. The van der Waals surface area contributed by atoms with E-state index >= 15 is 0 Å². The number of nitrogens with one attached hydrogen (secondary N) is 1. The molecule has 6 aromatic rings. The van der Waals surface area contributed by atoms with Crippen molar-refractivity contribution in [3.63, 3.8) is 0 Å². The molecule has 0 unspecified atom stereocenters. The van der Waals surface area contributed by atoms with Gasteiger partial charge in [-0.05, 0) is 79.5 Å². The van der Waals surface area contributed by atoms with Crippen LogP contribution < -0.4 is 5.32 Å². The van der Waals surface area contributed by atoms with Crippen LogP contribution in [0.2, 0.25) is 0 Å². The van der Waals surface area contributed by atoms with E-state index in [1.165, 1.54) is 6.20 Å². The van der Waals surface area contributed by atoms with Crippen molar-refractivity contribution in [2.75, 3.05) is 25.5 Å². The zero-order chi connectivity index (χ0) is 30.8. The van der Waals surface area contributed by atoms with Gasteiger partial charge in [0.1, 0.15) is 5.54 Å². The number of hydrogen-bond acceptors (Lipinski definition) is 4. The van der Waals surface area contributed by atoms with E-state index in [4.69, 9.17) is 5.10 Å². The summed E-state index contributed by atoms with van der Waals surface area (Å²) in [6.45, 7) is 1.74. The Morgan fingerprint density at radius 3 is 1.93 bits per heavy atom. The van der Waals surface area contributed by atoms with Gasteiger partial charge in [-0.2, -0.15) is 9.49 Å². The van der Waals surface area contributed by atoms with Crippen molar-refractivity contribution in [1.29, 1.82) is 0 Å². The van der Waals surface area contributed by atoms with E-state index < -0.39 is 11.5 Å². The first-order valence-electron chi connectivity index (χ1n) is 15.4. The van der Waals surface area contributed by atoms with Crippen molar-refractivity contribution >= 4 is 22.6 Å². The predicted molar refractivity (Wildman–Crippen MR) is 176 cm³/mol. The van der Waals surface area contributed by atoms with E-state index in [9.17, 15) is 9.18 Å². The lowest BCUT2D eigenvalue weighted by atomic mass is 9.77. The quantitative estimate of drug-likeness (QED) is 0.155. The van der Waals surface area contributed by atoms with Crippen molar-refractivity contribution in [3.8, 4) is 11.1 Å². The average Bonchev–Trinajstić information content (AvgIpc) is 3.44. The summed E-state index contributed by atoms with van der Waals surface area (Å²) in [6.07, 6.45) is 3.01. The SMILES string of the molecule is CN1CCC(C(=O)Nc2nn(C(c3ccccc3)(c3ccccc3)c3ccccc3)c3ccc(-c4cccnc4F)cc23)CC1. The van der Waals surface area contributed by atoms with E-state index in [1.54, 1.807) is 12.1 Å². The summed E-state index contributed by atoms with van der Waals surface area (Å²) < 4.78 is 16.9. The van der Waals surface area contributed by atoms with Gasteiger partial charge in [0.15, 0.2) is 5.82 Å². The van der Waals surface area contributed by atoms with Crippen LogP contribution in [0, 0.1) is 11.9 Å². The monoisotopic (exact) mass is 595 g/mol. The number of nitrogens with zero attached hydrogens (tertiary/aromatic N) is 4. The van der Waals surface area contributed by atoms with Crippen molar-refractivity contribution in [2.45, 2.75) is 18.4 Å². The highest BCUT2D eigenvalue weighted by Crippen LogP contribution is 2.44. The Labute approximate surface area is 262 Å². The highest BCUT2D eigenvalue weighted by Gasteiger charge is 2.41. The second kappa shape index (κ2) is 12.1. The molecule has 6 nitrogen and oxygen atoms in total. The van der Waals surface area contributed by atoms with Crippen LogP contribution in [0.4, 0.5) is 10.2 Å². The number of pyridine rings is 1. The summed E-state index contributed by atoms with van der Waals surface area (Å²) in [5, 5.41) is 9.20. The summed E-state index contributed by atoms with van der Waals surface area (Å²) in [5.74, 6) is -0.250. The lowest BCUT2D eigenvalue weighted by Crippen LogP contribution is -2.39. The number of amides is 1. The predicted octanol–water partition coefficient (Wildman–Crippen LogP) is 7.36. The first-order valence-corrected chi connectivity index (χ1v) is 15.4. The largest absolute Gasteiger partial charge is 0.308 e. The van der Waals surface area contributed by atoms with Gasteiger partial charge in [-0.25, -0.2) is 9.67 Å². The van der Waals surface area contributed by atoms with Crippen LogP contribution in [0.25, 0.3) is 22.0 Å². The molecule has 0 atom stereocenters. The molecule has 1 saturated heterocycles. The first-order chi connectivity index (χ1) is 22.1. The molecule has 2 aromatic heterocycles. The molecule has 1 aliphatic rings. The lowest BCUT2D eigenvalue weighted by molar-refractivity contribution is -0.121. The van der Waals surface area contributed by atoms with Crippen LogP contribution in [-0.2, 0) is 10.3 Å². The van der Waals surface area contributed by atoms with E-state index in [1.807, 2.05) is 77.5 Å². The van der Waals surface area contributed by atoms with Crippen LogP contribution in [0.3, 0.4) is 0 Å². The van der Waals surface area contributed by atoms with E-state index in [0.29, 0.717) is 16.9 Å². The number of aromatic nitrogens is 3. The molecule has 7 rings (SSSR count). The fourth-order valence-electron chi connectivity index (χ4n) is 6.63. The first kappa shape index (κ1) is 28.6. The maximum absolute atomic E-state index is 14.9. The molecule has 224 valence electrons. The fraction of sp³-hybridized carbons (Fsp3) is 0.184. The molecule has 3 heterocycles. The molecule has 0 spiro atoms. The Bertz CT molecular complexity index is 1840. The molecule has 1 N–H and O–H groups in total. The second-order valence-corrected chi connectivity index (χ2v) is 11.7. The van der Waals surface area contributed by atoms with E-state index in [0.717, 1.165) is 53.5 Å². The molecule has 7 heteroatoms. The third-order valence-electron chi connectivity index (χ3n) is 8.97. The van der Waals surface area contributed by atoms with Gasteiger partial charge in [-0.3, -0.25) is 4.79 Å². The number of rotatable bonds is 7. The number of fused-ring (bicyclic) bond motifs is 1. The Morgan fingerprint density at radius 2 is 1.38 bits per heavy atom. The molecule has 1 fully saturated rings. The zero-order valence-corrected chi connectivity index (χ0v) is 25.1. The normalized spacial score (nSPS) is 14.4. The summed E-state index contributed by atoms with van der Waals surface area (Å²) in [6, 6.07) is 40.1. The molecular weight excluding hydrogens is 561 g/mol. The van der Waals surface area contributed by atoms with Crippen molar-refractivity contribution in [1.82, 2.24) is 19.7 Å². The smallest absolute Gasteiger partial charge is 0.228 e. The van der Waals surface area contributed by atoms with Gasteiger partial charge in [0, 0.05) is 23.1 Å². The molecule has 0 bridgehead atoms. The zero-order valence-electron chi connectivity index (χ0n) is 25.1. The van der Waals surface area contributed by atoms with Gasteiger partial charge in [-0.1, -0.05) is 97.1 Å². The minimum Gasteiger partial charge on any atom is -0.308 e. The number of carbonyl (C=O) groups excluding carboxylic acids is 1. The number of halogens is 1. The van der Waals surface area contributed by atoms with Crippen LogP contribution in [0.15, 0.2) is 128 Å². The van der Waals surface area contributed by atoms with Gasteiger partial charge in [0.2, 0.25) is 11.9 Å². The Morgan fingerprint density at radius 1 is 0.800 bits per heavy atom. The highest BCUT2D eigenvalue weighted by molar-refractivity contribution is 6.02. The number of likely N-dealkylation sites (tertiary alicyclic amines) is 1. The number of benzene rings is 4. The van der Waals surface area contributed by atoms with E-state index in [-0.39, 0.29) is 11.8 Å². The Kier molecular flexibility index (Phi) is 7.69. The number of piperidine rings is 1. The van der Waals surface area contributed by atoms with Crippen LogP contribution in [-0.4, -0.2) is 45.7 Å². The Balaban J connectivity index is 1.50. The van der Waals surface area contributed by atoms with Gasteiger partial charge >= 0.3 is 0 Å². The maximum Gasteiger partial charge on any atom is 0.228 e. The minimum atomic E-state index is -0.889. The summed E-state index contributed by atoms with van der Waals surface area (Å²) in [5.41, 5.74) is 4.01. The van der Waals surface area contributed by atoms with Crippen molar-refractivity contribution in [2.24, 2.45) is 5.92 Å². The van der Waals surface area contributed by atoms with Gasteiger partial charge in [0.25, 0.3) is 0 Å². The summed E-state index contributed by atoms with van der Waals surface area (Å²) in [7, 11) is 2.08. The van der Waals surface area contributed by atoms with Gasteiger partial charge in [-0.15, -0.1) is 0 Å². The molecule has 4 aromatic carbocycles. The minimum absolute atomic E-state index is 0.0441. The molecule has 0 radical (unpaired) electrons. The lowest BCUT2D eigenvalue weighted by Gasteiger charge is -2.37. The average molecular weight is 596 g/mol. The fourth-order valence-corrected chi connectivity index (χ4v) is 6.63. The molecule has 1 aliphatic heterocycles. The maximum atomic E-state index is 14.9. The molecule has 0 aliphatic carbocycles. The molecule has 0 saturated carbocycles. The molecular formula is C38H34FN5O. The third kappa shape index (κ3) is 5.19. The highest BCUT2D eigenvalue weighted by atomic mass is 19.1. The van der Waals surface area contributed by atoms with Crippen LogP contribution >= 0.6 is 0 Å². The van der Waals surface area contributed by atoms with E-state index in [2.05, 4.69) is 58.6 Å². The standard InChI is InChI=1S/C38H34FN5O/c1-43-24-21-27(22-25-43)37(45)41-36-33-26-28(32-18-11-23-40-35(32)39)19-20-34(33)44(42-36)38(29-12-5-2-6-13-29,30-14-7-3-8-15-30)31-16-9-4-10-17-31/h2-20,23,26-27H,21-22,24-25H2,1H3,(H,41,42,45). The van der Waals surface area contributed by atoms with Crippen molar-refractivity contribution in [3.05, 3.63) is 150 Å². The third-order valence-corrected chi connectivity index (χ3v) is 8.97. The molecule has 1 amide bonds. The van der Waals surface area contributed by atoms with Crippen molar-refractivity contribution < 1.29 is 9.18 Å². The van der Waals surface area contributed by atoms with Gasteiger partial charge in [0.05, 0.1) is 5.52 Å². The number of anilines is 1. The number of carbonyl (C=O) groups is 1. The van der Waals surface area contributed by atoms with Crippen LogP contribution in [0.5, 0.6) is 0 Å². The Hall–Kier alpha value is -5.14. The summed E-state index contributed by atoms with van der Waals surface area (Å²) >= 11 is 0. The van der Waals surface area contributed by atoms with Gasteiger partial charge < -0.3 is 10.2 Å².